The topological polar surface area (TPSA) is 42.0 Å². The molecule has 1 unspecified atom stereocenters. The summed E-state index contributed by atoms with van der Waals surface area (Å²) in [5.41, 5.74) is 0.819. The zero-order valence-electron chi connectivity index (χ0n) is 9.36. The Kier molecular flexibility index (Phi) is 4.81. The Morgan fingerprint density at radius 2 is 2.33 bits per heavy atom. The van der Waals surface area contributed by atoms with Crippen LogP contribution in [0.3, 0.4) is 0 Å². The number of hydrogen-bond donors (Lipinski definition) is 1. The number of amides is 1. The maximum absolute atomic E-state index is 11.5. The van der Waals surface area contributed by atoms with Crippen LogP contribution in [0, 0.1) is 5.92 Å². The summed E-state index contributed by atoms with van der Waals surface area (Å²) in [6.45, 7) is 5.00. The van der Waals surface area contributed by atoms with Gasteiger partial charge in [-0.2, -0.15) is 0 Å². The van der Waals surface area contributed by atoms with Crippen LogP contribution in [0.15, 0.2) is 24.4 Å². The third kappa shape index (κ3) is 4.58. The summed E-state index contributed by atoms with van der Waals surface area (Å²) in [5.74, 6) is 0.590. The van der Waals surface area contributed by atoms with Gasteiger partial charge in [-0.3, -0.25) is 9.78 Å². The Morgan fingerprint density at radius 1 is 1.53 bits per heavy atom. The van der Waals surface area contributed by atoms with Gasteiger partial charge in [-0.25, -0.2) is 0 Å². The predicted molar refractivity (Wildman–Crippen MR) is 60.4 cm³/mol. The Hall–Kier alpha value is -1.38. The SMILES string of the molecule is CCC(C)CNC(=O)Cc1ccccn1. The van der Waals surface area contributed by atoms with Crippen molar-refractivity contribution in [2.24, 2.45) is 5.92 Å². The summed E-state index contributed by atoms with van der Waals surface area (Å²) >= 11 is 0. The summed E-state index contributed by atoms with van der Waals surface area (Å²) in [6.07, 6.45) is 3.17. The van der Waals surface area contributed by atoms with Gasteiger partial charge in [-0.15, -0.1) is 0 Å². The fraction of sp³-hybridized carbons (Fsp3) is 0.500. The first-order chi connectivity index (χ1) is 7.22. The van der Waals surface area contributed by atoms with Crippen LogP contribution in [0.4, 0.5) is 0 Å². The van der Waals surface area contributed by atoms with Gasteiger partial charge in [-0.1, -0.05) is 26.3 Å². The first kappa shape index (κ1) is 11.7. The molecule has 3 heteroatoms. The maximum Gasteiger partial charge on any atom is 0.226 e. The van der Waals surface area contributed by atoms with Gasteiger partial charge in [0.05, 0.1) is 6.42 Å². The van der Waals surface area contributed by atoms with Gasteiger partial charge >= 0.3 is 0 Å². The molecule has 0 bridgehead atoms. The molecular weight excluding hydrogens is 188 g/mol. The summed E-state index contributed by atoms with van der Waals surface area (Å²) < 4.78 is 0. The lowest BCUT2D eigenvalue weighted by Gasteiger charge is -2.09. The standard InChI is InChI=1S/C12H18N2O/c1-3-10(2)9-14-12(15)8-11-6-4-5-7-13-11/h4-7,10H,3,8-9H2,1-2H3,(H,14,15). The highest BCUT2D eigenvalue weighted by Gasteiger charge is 2.05. The highest BCUT2D eigenvalue weighted by molar-refractivity contribution is 5.78. The molecule has 1 amide bonds. The summed E-state index contributed by atoms with van der Waals surface area (Å²) in [4.78, 5) is 15.6. The summed E-state index contributed by atoms with van der Waals surface area (Å²) in [7, 11) is 0. The van der Waals surface area contributed by atoms with Gasteiger partial charge in [0, 0.05) is 18.4 Å². The van der Waals surface area contributed by atoms with Gasteiger partial charge in [0.15, 0.2) is 0 Å². The zero-order valence-corrected chi connectivity index (χ0v) is 9.36. The monoisotopic (exact) mass is 206 g/mol. The molecule has 1 rings (SSSR count). The van der Waals surface area contributed by atoms with E-state index in [1.54, 1.807) is 6.20 Å². The fourth-order valence-corrected chi connectivity index (χ4v) is 1.16. The third-order valence-corrected chi connectivity index (χ3v) is 2.41. The first-order valence-corrected chi connectivity index (χ1v) is 5.39. The Labute approximate surface area is 90.9 Å². The molecule has 0 saturated heterocycles. The minimum atomic E-state index is 0.0500. The molecule has 0 aliphatic carbocycles. The van der Waals surface area contributed by atoms with E-state index in [-0.39, 0.29) is 5.91 Å². The van der Waals surface area contributed by atoms with E-state index in [2.05, 4.69) is 24.1 Å². The van der Waals surface area contributed by atoms with Gasteiger partial charge in [-0.05, 0) is 18.1 Å². The van der Waals surface area contributed by atoms with Crippen molar-refractivity contribution >= 4 is 5.91 Å². The van der Waals surface area contributed by atoms with E-state index in [9.17, 15) is 4.79 Å². The van der Waals surface area contributed by atoms with Crippen LogP contribution in [-0.2, 0) is 11.2 Å². The molecule has 0 fully saturated rings. The average Bonchev–Trinajstić information content (AvgIpc) is 2.27. The van der Waals surface area contributed by atoms with Gasteiger partial charge in [0.25, 0.3) is 0 Å². The molecule has 0 saturated carbocycles. The molecule has 82 valence electrons. The molecule has 0 spiro atoms. The second-order valence-electron chi connectivity index (χ2n) is 3.82. The zero-order chi connectivity index (χ0) is 11.1. The minimum absolute atomic E-state index is 0.0500. The molecule has 1 atom stereocenters. The summed E-state index contributed by atoms with van der Waals surface area (Å²) in [5, 5.41) is 2.90. The van der Waals surface area contributed by atoms with Crippen LogP contribution in [0.2, 0.25) is 0 Å². The Morgan fingerprint density at radius 3 is 2.93 bits per heavy atom. The first-order valence-electron chi connectivity index (χ1n) is 5.39. The van der Waals surface area contributed by atoms with Crippen molar-refractivity contribution < 1.29 is 4.79 Å². The number of carbonyl (C=O) groups is 1. The average molecular weight is 206 g/mol. The number of nitrogens with zero attached hydrogens (tertiary/aromatic N) is 1. The lowest BCUT2D eigenvalue weighted by atomic mass is 10.1. The van der Waals surface area contributed by atoms with Gasteiger partial charge in [0.2, 0.25) is 5.91 Å². The highest BCUT2D eigenvalue weighted by atomic mass is 16.1. The highest BCUT2D eigenvalue weighted by Crippen LogP contribution is 1.98. The van der Waals surface area contributed by atoms with Crippen LogP contribution in [0.5, 0.6) is 0 Å². The van der Waals surface area contributed by atoms with Crippen LogP contribution >= 0.6 is 0 Å². The number of hydrogen-bond acceptors (Lipinski definition) is 2. The molecule has 0 aliphatic rings. The quantitative estimate of drug-likeness (QED) is 0.798. The number of rotatable bonds is 5. The van der Waals surface area contributed by atoms with E-state index >= 15 is 0 Å². The number of nitrogens with one attached hydrogen (secondary N) is 1. The van der Waals surface area contributed by atoms with Crippen LogP contribution < -0.4 is 5.32 Å². The molecule has 1 aromatic heterocycles. The van der Waals surface area contributed by atoms with E-state index in [4.69, 9.17) is 0 Å². The van der Waals surface area contributed by atoms with E-state index in [1.165, 1.54) is 0 Å². The van der Waals surface area contributed by atoms with E-state index < -0.39 is 0 Å². The number of pyridine rings is 1. The lowest BCUT2D eigenvalue weighted by molar-refractivity contribution is -0.120. The minimum Gasteiger partial charge on any atom is -0.355 e. The van der Waals surface area contributed by atoms with Crippen LogP contribution in [0.1, 0.15) is 26.0 Å². The molecular formula is C12H18N2O. The van der Waals surface area contributed by atoms with E-state index in [0.29, 0.717) is 12.3 Å². The second-order valence-corrected chi connectivity index (χ2v) is 3.82. The van der Waals surface area contributed by atoms with Crippen molar-refractivity contribution in [1.82, 2.24) is 10.3 Å². The third-order valence-electron chi connectivity index (χ3n) is 2.41. The molecule has 0 radical (unpaired) electrons. The molecule has 0 aromatic carbocycles. The molecule has 3 nitrogen and oxygen atoms in total. The van der Waals surface area contributed by atoms with Crippen molar-refractivity contribution in [2.75, 3.05) is 6.54 Å². The maximum atomic E-state index is 11.5. The van der Waals surface area contributed by atoms with Crippen molar-refractivity contribution in [3.05, 3.63) is 30.1 Å². The molecule has 0 aliphatic heterocycles. The van der Waals surface area contributed by atoms with Crippen molar-refractivity contribution in [1.29, 1.82) is 0 Å². The van der Waals surface area contributed by atoms with Crippen molar-refractivity contribution in [3.63, 3.8) is 0 Å². The normalized spacial score (nSPS) is 12.1. The van der Waals surface area contributed by atoms with E-state index in [0.717, 1.165) is 18.7 Å². The Bertz CT molecular complexity index is 298. The largest absolute Gasteiger partial charge is 0.355 e. The molecule has 15 heavy (non-hydrogen) atoms. The molecule has 1 heterocycles. The molecule has 1 aromatic rings. The fourth-order valence-electron chi connectivity index (χ4n) is 1.16. The Balaban J connectivity index is 2.31. The smallest absolute Gasteiger partial charge is 0.226 e. The lowest BCUT2D eigenvalue weighted by Crippen LogP contribution is -2.29. The van der Waals surface area contributed by atoms with Gasteiger partial charge < -0.3 is 5.32 Å². The van der Waals surface area contributed by atoms with Crippen molar-refractivity contribution in [2.45, 2.75) is 26.7 Å². The van der Waals surface area contributed by atoms with Crippen molar-refractivity contribution in [3.8, 4) is 0 Å². The summed E-state index contributed by atoms with van der Waals surface area (Å²) in [6, 6.07) is 5.60. The van der Waals surface area contributed by atoms with Crippen LogP contribution in [-0.4, -0.2) is 17.4 Å². The van der Waals surface area contributed by atoms with E-state index in [1.807, 2.05) is 18.2 Å². The van der Waals surface area contributed by atoms with Gasteiger partial charge in [0.1, 0.15) is 0 Å². The second kappa shape index (κ2) is 6.17. The molecule has 1 N–H and O–H groups in total. The number of aromatic nitrogens is 1. The van der Waals surface area contributed by atoms with Crippen LogP contribution in [0.25, 0.3) is 0 Å². The number of carbonyl (C=O) groups excluding carboxylic acids is 1. The predicted octanol–water partition coefficient (Wildman–Crippen LogP) is 1.79.